The highest BCUT2D eigenvalue weighted by molar-refractivity contribution is 6.19. The van der Waals surface area contributed by atoms with E-state index in [1.165, 1.54) is 41.1 Å². The van der Waals surface area contributed by atoms with E-state index in [0.717, 1.165) is 33.6 Å². The molecule has 0 saturated heterocycles. The number of alkyl carbamates (subject to hydrolysis) is 1. The van der Waals surface area contributed by atoms with E-state index >= 15 is 0 Å². The number of amides is 11. The molecule has 0 bridgehead atoms. The predicted octanol–water partition coefficient (Wildman–Crippen LogP) is 7.12. The van der Waals surface area contributed by atoms with E-state index < -0.39 is 83.4 Å². The summed E-state index contributed by atoms with van der Waals surface area (Å²) >= 11 is 6.66. The first-order valence-electron chi connectivity index (χ1n) is 31.1. The second-order valence-corrected chi connectivity index (χ2v) is 23.7. The third-order valence-corrected chi connectivity index (χ3v) is 16.4. The maximum atomic E-state index is 14.6. The van der Waals surface area contributed by atoms with Gasteiger partial charge in [0.15, 0.2) is 5.78 Å². The number of likely N-dealkylation sites (N-methyl/N-ethyl adjacent to an activating group) is 1. The number of phenols is 1. The van der Waals surface area contributed by atoms with Gasteiger partial charge in [-0.2, -0.15) is 0 Å². The van der Waals surface area contributed by atoms with Gasteiger partial charge in [0.25, 0.3) is 23.6 Å². The molecule has 0 spiro atoms. The number of hydrogen-bond donors (Lipinski definition) is 7. The van der Waals surface area contributed by atoms with Crippen LogP contribution in [-0.2, 0) is 44.8 Å². The number of unbranched alkanes of at least 4 members (excludes halogenated alkanes) is 1. The number of benzene rings is 4. The van der Waals surface area contributed by atoms with Crippen LogP contribution < -0.4 is 42.4 Å². The van der Waals surface area contributed by atoms with Gasteiger partial charge in [-0.05, 0) is 109 Å². The first-order valence-corrected chi connectivity index (χ1v) is 31.7. The summed E-state index contributed by atoms with van der Waals surface area (Å²) in [7, 11) is 1.49. The number of aromatic hydroxyl groups is 1. The topological polar surface area (TPSA) is 375 Å². The Kier molecular flexibility index (Phi) is 24.8. The van der Waals surface area contributed by atoms with Crippen LogP contribution in [0.5, 0.6) is 11.5 Å². The number of hydrogen-bond acceptors (Lipinski definition) is 17. The lowest BCUT2D eigenvalue weighted by Gasteiger charge is -2.26. The fourth-order valence-corrected chi connectivity index (χ4v) is 11.2. The van der Waals surface area contributed by atoms with E-state index in [2.05, 4.69) is 26.3 Å². The molecule has 2 aliphatic rings. The third kappa shape index (κ3) is 19.0. The third-order valence-electron chi connectivity index (χ3n) is 16.1. The molecule has 0 radical (unpaired) electrons. The van der Waals surface area contributed by atoms with Gasteiger partial charge >= 0.3 is 24.3 Å². The number of imidazole rings is 1. The van der Waals surface area contributed by atoms with Crippen LogP contribution in [0.25, 0.3) is 16.4 Å². The maximum absolute atomic E-state index is 14.6. The molecule has 4 aromatic carbocycles. The number of phenolic OH excluding ortho intramolecular Hbond substituents is 1. The van der Waals surface area contributed by atoms with E-state index in [4.69, 9.17) is 42.0 Å². The molecule has 29 heteroatoms. The van der Waals surface area contributed by atoms with Gasteiger partial charge in [-0.25, -0.2) is 24.2 Å². The van der Waals surface area contributed by atoms with E-state index in [9.17, 15) is 57.8 Å². The van der Waals surface area contributed by atoms with Gasteiger partial charge in [0.2, 0.25) is 11.8 Å². The van der Waals surface area contributed by atoms with Gasteiger partial charge in [-0.3, -0.25) is 38.5 Å². The fraction of sp³-hybridized carbons (Fsp3) is 0.373. The normalized spacial score (nSPS) is 13.9. The SMILES string of the molecule is Cc1cccc2c(OC(=O)N(CCCCC(N)=O)CCN(C)C(=O)OCc3ccc(NC(=O)[C@H](CCCNC(N)=O)CC(=O)[C@@H](NC(=O)OCCOCCN4C(=O)C=CC4=O)C(C)C)cc3)cc3c(c12)[C@H](CCl)CN3C(=O)c1cn2cc(NC(=O)c3ccc(O)cc3)ccc2n1. The van der Waals surface area contributed by atoms with Crippen LogP contribution in [0.1, 0.15) is 95.8 Å². The van der Waals surface area contributed by atoms with Crippen molar-refractivity contribution < 1.29 is 76.8 Å². The van der Waals surface area contributed by atoms with Crippen LogP contribution in [-0.4, -0.2) is 173 Å². The van der Waals surface area contributed by atoms with Gasteiger partial charge in [0.1, 0.15) is 36.1 Å². The number of ether oxygens (including phenoxy) is 4. The van der Waals surface area contributed by atoms with Crippen molar-refractivity contribution in [2.75, 3.05) is 87.6 Å². The Hall–Kier alpha value is -10.6. The smallest absolute Gasteiger partial charge is 0.415 e. The number of carbonyl (C=O) groups is 11. The lowest BCUT2D eigenvalue weighted by Crippen LogP contribution is -2.46. The molecule has 96 heavy (non-hydrogen) atoms. The monoisotopic (exact) mass is 1340 g/mol. The number of ketones is 1. The number of nitrogens with one attached hydrogen (secondary N) is 4. The van der Waals surface area contributed by atoms with Crippen LogP contribution in [0.2, 0.25) is 0 Å². The molecule has 9 N–H and O–H groups in total. The summed E-state index contributed by atoms with van der Waals surface area (Å²) in [6.45, 7) is 5.32. The second kappa shape index (κ2) is 33.5. The minimum atomic E-state index is -1.04. The maximum Gasteiger partial charge on any atom is 0.415 e. The zero-order valence-corrected chi connectivity index (χ0v) is 54.3. The van der Waals surface area contributed by atoms with Crippen molar-refractivity contribution in [2.45, 2.75) is 77.9 Å². The molecule has 508 valence electrons. The number of urea groups is 1. The number of aryl methyl sites for hydroxylation is 1. The zero-order chi connectivity index (χ0) is 69.2. The summed E-state index contributed by atoms with van der Waals surface area (Å²) in [5, 5.41) is 21.7. The number of primary amides is 2. The number of nitrogens with two attached hydrogens (primary N) is 2. The summed E-state index contributed by atoms with van der Waals surface area (Å²) in [6, 6.07) is 20.9. The number of Topliss-reactive ketones (excluding diaryl/α,β-unsaturated/α-hetero) is 1. The van der Waals surface area contributed by atoms with Gasteiger partial charge in [-0.1, -0.05) is 44.2 Å². The molecular weight excluding hydrogens is 1260 g/mol. The van der Waals surface area contributed by atoms with Crippen molar-refractivity contribution in [1.82, 2.24) is 34.7 Å². The molecule has 0 aliphatic carbocycles. The number of pyridine rings is 1. The molecule has 4 heterocycles. The summed E-state index contributed by atoms with van der Waals surface area (Å²) in [4.78, 5) is 152. The minimum Gasteiger partial charge on any atom is -0.508 e. The molecule has 0 fully saturated rings. The largest absolute Gasteiger partial charge is 0.508 e. The minimum absolute atomic E-state index is 0.0166. The number of aromatic nitrogens is 2. The molecule has 2 aromatic heterocycles. The Labute approximate surface area is 557 Å². The first-order chi connectivity index (χ1) is 46.0. The average molecular weight is 1340 g/mol. The molecule has 3 atom stereocenters. The summed E-state index contributed by atoms with van der Waals surface area (Å²) in [5.41, 5.74) is 15.0. The summed E-state index contributed by atoms with van der Waals surface area (Å²) in [6.07, 6.45) is 4.02. The number of nitrogens with zero attached hydrogens (tertiary/aromatic N) is 6. The molecular formula is C67H77ClN12O16. The van der Waals surface area contributed by atoms with Gasteiger partial charge in [0, 0.05) is 118 Å². The van der Waals surface area contributed by atoms with E-state index in [0.29, 0.717) is 52.1 Å². The standard InChI is InChI=1S/C67H77ClN12O16/c1-40(2)60(75-65(90)94-32-31-93-30-29-79-56(84)23-24-57(79)85)52(82)33-44(10-8-25-71-64(70)89)62(87)72-46-17-13-42(14-18-46)39-95-66(91)76(4)27-28-77(26-6-5-12-54(69)83)67(92)96-53-34-51-59(58-41(3)9-7-11-49(53)58)45(35-68)36-80(51)63(88)50-38-78-37-47(19-22-55(78)74-50)73-61(86)43-15-20-48(81)21-16-43/h7,9,11,13-24,34,37-38,40,44-45,60,81H,5-6,8,10,12,25-33,35-36,39H2,1-4H3,(H2,69,83)(H,72,87)(H,73,86)(H,75,90)(H3,70,71,89)/t44-,45-,60+/m1/s1. The molecule has 0 unspecified atom stereocenters. The first kappa shape index (κ1) is 71.2. The van der Waals surface area contributed by atoms with Crippen LogP contribution >= 0.6 is 11.6 Å². The summed E-state index contributed by atoms with van der Waals surface area (Å²) in [5.74, 6) is -4.57. The van der Waals surface area contributed by atoms with Crippen molar-refractivity contribution in [3.63, 3.8) is 0 Å². The van der Waals surface area contributed by atoms with Crippen molar-refractivity contribution in [1.29, 1.82) is 0 Å². The Morgan fingerprint density at radius 2 is 1.54 bits per heavy atom. The summed E-state index contributed by atoms with van der Waals surface area (Å²) < 4.78 is 24.1. The molecule has 6 aromatic rings. The highest BCUT2D eigenvalue weighted by Gasteiger charge is 2.38. The van der Waals surface area contributed by atoms with E-state index in [1.54, 1.807) is 78.0 Å². The number of anilines is 3. The Morgan fingerprint density at radius 1 is 0.812 bits per heavy atom. The van der Waals surface area contributed by atoms with Crippen LogP contribution in [0.4, 0.5) is 36.2 Å². The Balaban J connectivity index is 0.875. The van der Waals surface area contributed by atoms with Crippen molar-refractivity contribution in [3.8, 4) is 11.5 Å². The molecule has 0 saturated carbocycles. The lowest BCUT2D eigenvalue weighted by atomic mass is 9.89. The van der Waals surface area contributed by atoms with E-state index in [-0.39, 0.29) is 120 Å². The van der Waals surface area contributed by atoms with Crippen molar-refractivity contribution in [3.05, 3.63) is 137 Å². The van der Waals surface area contributed by atoms with E-state index in [1.807, 2.05) is 25.1 Å². The Morgan fingerprint density at radius 3 is 2.24 bits per heavy atom. The average Bonchev–Trinajstić information content (AvgIpc) is 1.54. The number of halogens is 1. The second-order valence-electron chi connectivity index (χ2n) is 23.4. The number of alkyl halides is 1. The van der Waals surface area contributed by atoms with Crippen LogP contribution in [0.15, 0.2) is 109 Å². The number of carbonyl (C=O) groups excluding carboxylic acids is 11. The number of fused-ring (bicyclic) bond motifs is 4. The Bertz CT molecular complexity index is 3900. The highest BCUT2D eigenvalue weighted by Crippen LogP contribution is 2.47. The van der Waals surface area contributed by atoms with Crippen molar-refractivity contribution >= 4 is 111 Å². The molecule has 28 nitrogen and oxygen atoms in total. The van der Waals surface area contributed by atoms with Gasteiger partial charge < -0.3 is 75.9 Å². The molecule has 11 amide bonds. The van der Waals surface area contributed by atoms with Crippen LogP contribution in [0.3, 0.4) is 0 Å². The highest BCUT2D eigenvalue weighted by atomic mass is 35.5. The van der Waals surface area contributed by atoms with Crippen LogP contribution in [0, 0.1) is 18.8 Å². The number of imide groups is 1. The van der Waals surface area contributed by atoms with Gasteiger partial charge in [0.05, 0.1) is 37.2 Å². The predicted molar refractivity (Wildman–Crippen MR) is 353 cm³/mol. The fourth-order valence-electron chi connectivity index (χ4n) is 11.0. The molecule has 2 aliphatic heterocycles. The lowest BCUT2D eigenvalue weighted by molar-refractivity contribution is -0.137. The molecule has 8 rings (SSSR count). The zero-order valence-electron chi connectivity index (χ0n) is 53.5. The van der Waals surface area contributed by atoms with Crippen molar-refractivity contribution in [2.24, 2.45) is 23.3 Å². The quantitative estimate of drug-likeness (QED) is 0.0126. The number of rotatable bonds is 32. The van der Waals surface area contributed by atoms with Gasteiger partial charge in [-0.15, -0.1) is 11.6 Å².